The lowest BCUT2D eigenvalue weighted by Crippen LogP contribution is -2.00. The van der Waals surface area contributed by atoms with Crippen molar-refractivity contribution in [3.05, 3.63) is 64.8 Å². The molecule has 3 aromatic rings. The van der Waals surface area contributed by atoms with Crippen LogP contribution in [-0.4, -0.2) is 5.11 Å². The van der Waals surface area contributed by atoms with Crippen molar-refractivity contribution in [3.8, 4) is 17.4 Å². The van der Waals surface area contributed by atoms with Gasteiger partial charge in [-0.15, -0.1) is 0 Å². The smallest absolute Gasteiger partial charge is 0.294 e. The van der Waals surface area contributed by atoms with Crippen molar-refractivity contribution in [1.29, 1.82) is 0 Å². The molecule has 2 aromatic carbocycles. The first-order chi connectivity index (χ1) is 9.24. The van der Waals surface area contributed by atoms with E-state index >= 15 is 0 Å². The topological polar surface area (TPSA) is 59.7 Å². The minimum Gasteiger partial charge on any atom is -0.507 e. The monoisotopic (exact) mass is 254 g/mol. The Hall–Kier alpha value is -2.75. The molecule has 1 heterocycles. The largest absolute Gasteiger partial charge is 0.507 e. The van der Waals surface area contributed by atoms with Crippen LogP contribution in [-0.2, 0) is 0 Å². The number of benzene rings is 2. The molecule has 0 aliphatic heterocycles. The Labute approximate surface area is 108 Å². The molecule has 0 radical (unpaired) electrons. The van der Waals surface area contributed by atoms with Crippen molar-refractivity contribution in [2.45, 2.75) is 0 Å². The Morgan fingerprint density at radius 2 is 1.79 bits per heavy atom. The lowest BCUT2D eigenvalue weighted by Gasteiger charge is -2.05. The zero-order valence-electron chi connectivity index (χ0n) is 9.87. The maximum absolute atomic E-state index is 11.9. The van der Waals surface area contributed by atoms with E-state index < -0.39 is 0 Å². The summed E-state index contributed by atoms with van der Waals surface area (Å²) in [5, 5.41) is 9.79. The van der Waals surface area contributed by atoms with Crippen molar-refractivity contribution in [2.24, 2.45) is 0 Å². The zero-order valence-corrected chi connectivity index (χ0v) is 9.87. The third-order valence-electron chi connectivity index (χ3n) is 2.67. The fourth-order valence-electron chi connectivity index (χ4n) is 1.82. The van der Waals surface area contributed by atoms with E-state index in [1.807, 2.05) is 18.2 Å². The Balaban J connectivity index is 2.10. The first-order valence-electron chi connectivity index (χ1n) is 5.73. The number of hydrogen-bond donors (Lipinski definition) is 1. The van der Waals surface area contributed by atoms with Gasteiger partial charge in [-0.1, -0.05) is 24.3 Å². The molecule has 1 aromatic heterocycles. The zero-order chi connectivity index (χ0) is 13.2. The number of aromatic hydroxyl groups is 1. The van der Waals surface area contributed by atoms with Crippen LogP contribution in [0.15, 0.2) is 63.8 Å². The summed E-state index contributed by atoms with van der Waals surface area (Å²) in [6, 6.07) is 14.9. The SMILES string of the molecule is O=c1cc(Oc2ccccc2)oc2cccc(O)c12. The number of phenols is 1. The average Bonchev–Trinajstić information content (AvgIpc) is 2.39. The highest BCUT2D eigenvalue weighted by Crippen LogP contribution is 2.26. The van der Waals surface area contributed by atoms with Gasteiger partial charge >= 0.3 is 0 Å². The summed E-state index contributed by atoms with van der Waals surface area (Å²) in [5.41, 5.74) is -0.0521. The fraction of sp³-hybridized carbons (Fsp3) is 0. The van der Waals surface area contributed by atoms with Crippen LogP contribution in [0.4, 0.5) is 0 Å². The molecule has 0 fully saturated rings. The molecular formula is C15H10O4. The quantitative estimate of drug-likeness (QED) is 0.762. The van der Waals surface area contributed by atoms with Gasteiger partial charge in [0.15, 0.2) is 5.43 Å². The van der Waals surface area contributed by atoms with E-state index in [1.54, 1.807) is 24.3 Å². The molecule has 3 rings (SSSR count). The fourth-order valence-corrected chi connectivity index (χ4v) is 1.82. The van der Waals surface area contributed by atoms with Crippen LogP contribution >= 0.6 is 0 Å². The minimum absolute atomic E-state index is 0.0919. The van der Waals surface area contributed by atoms with Gasteiger partial charge < -0.3 is 14.3 Å². The molecule has 19 heavy (non-hydrogen) atoms. The van der Waals surface area contributed by atoms with Gasteiger partial charge in [-0.05, 0) is 24.3 Å². The predicted molar refractivity (Wildman–Crippen MR) is 70.7 cm³/mol. The summed E-state index contributed by atoms with van der Waals surface area (Å²) in [5.74, 6) is 0.567. The maximum atomic E-state index is 11.9. The summed E-state index contributed by atoms with van der Waals surface area (Å²) < 4.78 is 10.9. The molecule has 4 nitrogen and oxygen atoms in total. The van der Waals surface area contributed by atoms with Crippen molar-refractivity contribution < 1.29 is 14.3 Å². The van der Waals surface area contributed by atoms with E-state index in [-0.39, 0.29) is 22.5 Å². The molecule has 0 saturated heterocycles. The maximum Gasteiger partial charge on any atom is 0.294 e. The van der Waals surface area contributed by atoms with Gasteiger partial charge in [-0.25, -0.2) is 0 Å². The molecule has 0 bridgehead atoms. The summed E-state index contributed by atoms with van der Waals surface area (Å²) in [7, 11) is 0. The summed E-state index contributed by atoms with van der Waals surface area (Å²) in [6.45, 7) is 0. The second-order valence-electron chi connectivity index (χ2n) is 4.00. The Bertz CT molecular complexity index is 775. The van der Waals surface area contributed by atoms with Crippen LogP contribution in [0.2, 0.25) is 0 Å². The van der Waals surface area contributed by atoms with Crippen molar-refractivity contribution in [2.75, 3.05) is 0 Å². The standard InChI is InChI=1S/C15H10O4/c16-11-7-4-8-13-15(11)12(17)9-14(19-13)18-10-5-2-1-3-6-10/h1-9,16H. The third kappa shape index (κ3) is 2.15. The highest BCUT2D eigenvalue weighted by molar-refractivity contribution is 5.83. The molecule has 0 spiro atoms. The van der Waals surface area contributed by atoms with Gasteiger partial charge in [-0.3, -0.25) is 4.79 Å². The number of hydrogen-bond acceptors (Lipinski definition) is 4. The second kappa shape index (κ2) is 4.49. The first kappa shape index (κ1) is 11.3. The van der Waals surface area contributed by atoms with Crippen LogP contribution in [0.5, 0.6) is 17.4 Å². The molecule has 0 aliphatic carbocycles. The number of rotatable bonds is 2. The van der Waals surface area contributed by atoms with Gasteiger partial charge in [-0.2, -0.15) is 0 Å². The number of ether oxygens (including phenoxy) is 1. The molecule has 1 N–H and O–H groups in total. The van der Waals surface area contributed by atoms with E-state index in [2.05, 4.69) is 0 Å². The molecular weight excluding hydrogens is 244 g/mol. The van der Waals surface area contributed by atoms with E-state index in [0.717, 1.165) is 0 Å². The van der Waals surface area contributed by atoms with Crippen LogP contribution in [0.3, 0.4) is 0 Å². The highest BCUT2D eigenvalue weighted by atomic mass is 16.6. The summed E-state index contributed by atoms with van der Waals surface area (Å²) in [4.78, 5) is 11.9. The predicted octanol–water partition coefficient (Wildman–Crippen LogP) is 3.29. The van der Waals surface area contributed by atoms with Gasteiger partial charge in [0, 0.05) is 0 Å². The van der Waals surface area contributed by atoms with Crippen LogP contribution < -0.4 is 10.2 Å². The first-order valence-corrected chi connectivity index (χ1v) is 5.73. The van der Waals surface area contributed by atoms with Gasteiger partial charge in [0.2, 0.25) is 0 Å². The minimum atomic E-state index is -0.342. The molecule has 0 atom stereocenters. The van der Waals surface area contributed by atoms with Crippen LogP contribution in [0.25, 0.3) is 11.0 Å². The second-order valence-corrected chi connectivity index (χ2v) is 4.00. The van der Waals surface area contributed by atoms with Crippen molar-refractivity contribution in [1.82, 2.24) is 0 Å². The summed E-state index contributed by atoms with van der Waals surface area (Å²) >= 11 is 0. The number of para-hydroxylation sites is 1. The number of fused-ring (bicyclic) bond motifs is 1. The molecule has 0 saturated carbocycles. The van der Waals surface area contributed by atoms with E-state index in [1.165, 1.54) is 12.1 Å². The lowest BCUT2D eigenvalue weighted by molar-refractivity contribution is 0.353. The third-order valence-corrected chi connectivity index (χ3v) is 2.67. The van der Waals surface area contributed by atoms with Gasteiger partial charge in [0.05, 0.1) is 6.07 Å². The van der Waals surface area contributed by atoms with E-state index in [0.29, 0.717) is 11.3 Å². The lowest BCUT2D eigenvalue weighted by atomic mass is 10.2. The van der Waals surface area contributed by atoms with Gasteiger partial charge in [0.1, 0.15) is 22.5 Å². The molecule has 0 aliphatic rings. The molecule has 0 unspecified atom stereocenters. The molecule has 94 valence electrons. The Kier molecular flexibility index (Phi) is 2.68. The molecule has 0 amide bonds. The van der Waals surface area contributed by atoms with Gasteiger partial charge in [0.25, 0.3) is 5.95 Å². The highest BCUT2D eigenvalue weighted by Gasteiger charge is 2.09. The normalized spacial score (nSPS) is 10.5. The Morgan fingerprint density at radius 1 is 1.00 bits per heavy atom. The summed E-state index contributed by atoms with van der Waals surface area (Å²) in [6.07, 6.45) is 0. The number of phenolic OH excluding ortho intramolecular Hbond substituents is 1. The van der Waals surface area contributed by atoms with E-state index in [9.17, 15) is 9.90 Å². The Morgan fingerprint density at radius 3 is 2.58 bits per heavy atom. The van der Waals surface area contributed by atoms with Crippen molar-refractivity contribution >= 4 is 11.0 Å². The van der Waals surface area contributed by atoms with Crippen LogP contribution in [0, 0.1) is 0 Å². The van der Waals surface area contributed by atoms with Crippen LogP contribution in [0.1, 0.15) is 0 Å². The van der Waals surface area contributed by atoms with Crippen molar-refractivity contribution in [3.63, 3.8) is 0 Å². The van der Waals surface area contributed by atoms with E-state index in [4.69, 9.17) is 9.15 Å². The average molecular weight is 254 g/mol. The molecule has 4 heteroatoms.